The lowest BCUT2D eigenvalue weighted by Crippen LogP contribution is -2.39. The predicted octanol–water partition coefficient (Wildman–Crippen LogP) is 4.53. The molecule has 2 aliphatic heterocycles. The summed E-state index contributed by atoms with van der Waals surface area (Å²) in [4.78, 5) is 4.41. The van der Waals surface area contributed by atoms with E-state index in [0.717, 1.165) is 48.1 Å². The van der Waals surface area contributed by atoms with E-state index in [1.807, 2.05) is 6.07 Å². The summed E-state index contributed by atoms with van der Waals surface area (Å²) in [6.45, 7) is 8.96. The highest BCUT2D eigenvalue weighted by atomic mass is 35.5. The standard InChI is InChI=1S/C19H27ClF2N2O/c1-14(2)18-15(13-23-5-3-19(21,22)4-6-23)11-16(12-17(18)20)24-7-9-25-10-8-24/h11-12,14H,3-10,13H2,1-2H3. The van der Waals surface area contributed by atoms with Crippen molar-refractivity contribution in [2.75, 3.05) is 44.3 Å². The van der Waals surface area contributed by atoms with Crippen LogP contribution in [0.4, 0.5) is 14.5 Å². The van der Waals surface area contributed by atoms with Gasteiger partial charge in [-0.15, -0.1) is 0 Å². The van der Waals surface area contributed by atoms with Crippen molar-refractivity contribution in [2.45, 2.75) is 45.1 Å². The second-order valence-corrected chi connectivity index (χ2v) is 7.79. The molecule has 2 saturated heterocycles. The van der Waals surface area contributed by atoms with Crippen molar-refractivity contribution in [3.8, 4) is 0 Å². The van der Waals surface area contributed by atoms with Crippen LogP contribution in [0.25, 0.3) is 0 Å². The molecule has 2 aliphatic rings. The van der Waals surface area contributed by atoms with Crippen LogP contribution < -0.4 is 4.90 Å². The molecule has 140 valence electrons. The van der Waals surface area contributed by atoms with Gasteiger partial charge < -0.3 is 9.64 Å². The van der Waals surface area contributed by atoms with Gasteiger partial charge in [-0.05, 0) is 29.2 Å². The van der Waals surface area contributed by atoms with E-state index in [9.17, 15) is 8.78 Å². The maximum atomic E-state index is 13.4. The number of morpholine rings is 1. The Morgan fingerprint density at radius 1 is 1.12 bits per heavy atom. The Morgan fingerprint density at radius 3 is 2.36 bits per heavy atom. The highest BCUT2D eigenvalue weighted by Crippen LogP contribution is 2.35. The Morgan fingerprint density at radius 2 is 1.76 bits per heavy atom. The molecule has 0 aliphatic carbocycles. The van der Waals surface area contributed by atoms with E-state index in [0.29, 0.717) is 25.6 Å². The lowest BCUT2D eigenvalue weighted by molar-refractivity contribution is -0.0566. The van der Waals surface area contributed by atoms with Gasteiger partial charge in [0, 0.05) is 56.3 Å². The van der Waals surface area contributed by atoms with Gasteiger partial charge in [-0.25, -0.2) is 8.78 Å². The molecule has 0 radical (unpaired) electrons. The number of benzene rings is 1. The largest absolute Gasteiger partial charge is 0.378 e. The molecular weight excluding hydrogens is 346 g/mol. The Labute approximate surface area is 153 Å². The summed E-state index contributed by atoms with van der Waals surface area (Å²) in [6.07, 6.45) is -0.109. The van der Waals surface area contributed by atoms with Crippen LogP contribution >= 0.6 is 11.6 Å². The van der Waals surface area contributed by atoms with Crippen molar-refractivity contribution in [3.63, 3.8) is 0 Å². The number of alkyl halides is 2. The summed E-state index contributed by atoms with van der Waals surface area (Å²) in [7, 11) is 0. The first kappa shape index (κ1) is 18.9. The Bertz CT molecular complexity index is 593. The van der Waals surface area contributed by atoms with Gasteiger partial charge in [0.25, 0.3) is 5.92 Å². The number of halogens is 3. The minimum absolute atomic E-state index is 0.0547. The van der Waals surface area contributed by atoms with Gasteiger partial charge in [0.1, 0.15) is 0 Å². The lowest BCUT2D eigenvalue weighted by Gasteiger charge is -2.34. The van der Waals surface area contributed by atoms with E-state index in [-0.39, 0.29) is 12.8 Å². The summed E-state index contributed by atoms with van der Waals surface area (Å²) >= 11 is 6.62. The third-order valence-electron chi connectivity index (χ3n) is 5.14. The first-order chi connectivity index (χ1) is 11.9. The molecule has 0 saturated carbocycles. The zero-order valence-corrected chi connectivity index (χ0v) is 15.8. The molecule has 0 amide bonds. The van der Waals surface area contributed by atoms with Crippen molar-refractivity contribution in [1.82, 2.24) is 4.90 Å². The number of nitrogens with zero attached hydrogens (tertiary/aromatic N) is 2. The summed E-state index contributed by atoms with van der Waals surface area (Å²) in [5.41, 5.74) is 3.40. The van der Waals surface area contributed by atoms with Gasteiger partial charge in [0.05, 0.1) is 13.2 Å². The molecule has 6 heteroatoms. The second-order valence-electron chi connectivity index (χ2n) is 7.39. The van der Waals surface area contributed by atoms with E-state index in [1.165, 1.54) is 0 Å². The molecule has 25 heavy (non-hydrogen) atoms. The van der Waals surface area contributed by atoms with Crippen LogP contribution in [0.1, 0.15) is 43.7 Å². The third kappa shape index (κ3) is 4.63. The van der Waals surface area contributed by atoms with Gasteiger partial charge >= 0.3 is 0 Å². The second kappa shape index (κ2) is 7.77. The maximum Gasteiger partial charge on any atom is 0.250 e. The van der Waals surface area contributed by atoms with E-state index in [1.54, 1.807) is 0 Å². The summed E-state index contributed by atoms with van der Waals surface area (Å²) < 4.78 is 32.3. The van der Waals surface area contributed by atoms with Crippen LogP contribution in [0.3, 0.4) is 0 Å². The lowest BCUT2D eigenvalue weighted by atomic mass is 9.95. The van der Waals surface area contributed by atoms with Crippen LogP contribution in [0.5, 0.6) is 0 Å². The summed E-state index contributed by atoms with van der Waals surface area (Å²) in [5, 5.41) is 0.774. The fourth-order valence-corrected chi connectivity index (χ4v) is 4.17. The van der Waals surface area contributed by atoms with E-state index in [2.05, 4.69) is 29.7 Å². The van der Waals surface area contributed by atoms with Gasteiger partial charge in [-0.3, -0.25) is 4.90 Å². The maximum absolute atomic E-state index is 13.4. The van der Waals surface area contributed by atoms with Crippen molar-refractivity contribution in [3.05, 3.63) is 28.3 Å². The zero-order chi connectivity index (χ0) is 18.0. The van der Waals surface area contributed by atoms with Crippen LogP contribution in [0, 0.1) is 0 Å². The van der Waals surface area contributed by atoms with E-state index >= 15 is 0 Å². The Kier molecular flexibility index (Phi) is 5.86. The summed E-state index contributed by atoms with van der Waals surface area (Å²) in [6, 6.07) is 4.23. The molecule has 2 fully saturated rings. The highest BCUT2D eigenvalue weighted by Gasteiger charge is 2.34. The van der Waals surface area contributed by atoms with Gasteiger partial charge in [-0.1, -0.05) is 25.4 Å². The van der Waals surface area contributed by atoms with Crippen LogP contribution in [-0.2, 0) is 11.3 Å². The molecule has 0 unspecified atom stereocenters. The first-order valence-corrected chi connectivity index (χ1v) is 9.49. The number of ether oxygens (including phenoxy) is 1. The van der Waals surface area contributed by atoms with Crippen molar-refractivity contribution < 1.29 is 13.5 Å². The minimum atomic E-state index is -2.51. The number of anilines is 1. The molecule has 1 aromatic carbocycles. The molecule has 3 rings (SSSR count). The fraction of sp³-hybridized carbons (Fsp3) is 0.684. The van der Waals surface area contributed by atoms with E-state index < -0.39 is 5.92 Å². The molecule has 0 aromatic heterocycles. The minimum Gasteiger partial charge on any atom is -0.378 e. The first-order valence-electron chi connectivity index (χ1n) is 9.11. The van der Waals surface area contributed by atoms with Crippen molar-refractivity contribution in [2.24, 2.45) is 0 Å². The Hall–Kier alpha value is -0.910. The molecule has 0 atom stereocenters. The molecule has 0 N–H and O–H groups in total. The predicted molar refractivity (Wildman–Crippen MR) is 98.0 cm³/mol. The molecule has 1 aromatic rings. The van der Waals surface area contributed by atoms with E-state index in [4.69, 9.17) is 16.3 Å². The van der Waals surface area contributed by atoms with Gasteiger partial charge in [-0.2, -0.15) is 0 Å². The fourth-order valence-electron chi connectivity index (χ4n) is 3.72. The number of piperidine rings is 1. The average Bonchev–Trinajstić information content (AvgIpc) is 2.57. The quantitative estimate of drug-likeness (QED) is 0.772. The number of hydrogen-bond acceptors (Lipinski definition) is 3. The van der Waals surface area contributed by atoms with Gasteiger partial charge in [0.15, 0.2) is 0 Å². The molecule has 3 nitrogen and oxygen atoms in total. The number of likely N-dealkylation sites (tertiary alicyclic amines) is 1. The molecular formula is C19H27ClF2N2O. The highest BCUT2D eigenvalue weighted by molar-refractivity contribution is 6.31. The summed E-state index contributed by atoms with van der Waals surface area (Å²) in [5.74, 6) is -2.21. The van der Waals surface area contributed by atoms with Gasteiger partial charge in [0.2, 0.25) is 0 Å². The normalized spacial score (nSPS) is 21.8. The number of rotatable bonds is 4. The molecule has 0 bridgehead atoms. The average molecular weight is 373 g/mol. The third-order valence-corrected chi connectivity index (χ3v) is 5.45. The van der Waals surface area contributed by atoms with Crippen LogP contribution in [0.2, 0.25) is 5.02 Å². The van der Waals surface area contributed by atoms with Crippen LogP contribution in [0.15, 0.2) is 12.1 Å². The monoisotopic (exact) mass is 372 g/mol. The number of hydrogen-bond donors (Lipinski definition) is 0. The Balaban J connectivity index is 1.83. The van der Waals surface area contributed by atoms with Crippen molar-refractivity contribution in [1.29, 1.82) is 0 Å². The zero-order valence-electron chi connectivity index (χ0n) is 15.0. The smallest absolute Gasteiger partial charge is 0.250 e. The topological polar surface area (TPSA) is 15.7 Å². The van der Waals surface area contributed by atoms with Crippen molar-refractivity contribution >= 4 is 17.3 Å². The molecule has 0 spiro atoms. The SMILES string of the molecule is CC(C)c1c(Cl)cc(N2CCOCC2)cc1CN1CCC(F)(F)CC1. The van der Waals surface area contributed by atoms with Crippen LogP contribution in [-0.4, -0.2) is 50.2 Å². The molecule has 2 heterocycles.